The van der Waals surface area contributed by atoms with E-state index in [-0.39, 0.29) is 5.02 Å². The lowest BCUT2D eigenvalue weighted by molar-refractivity contribution is 0.628. The zero-order valence-corrected chi connectivity index (χ0v) is 10.2. The van der Waals surface area contributed by atoms with Gasteiger partial charge in [0.15, 0.2) is 0 Å². The molecule has 1 aromatic heterocycles. The van der Waals surface area contributed by atoms with Crippen molar-refractivity contribution in [2.75, 3.05) is 11.9 Å². The second-order valence-corrected chi connectivity index (χ2v) is 4.05. The summed E-state index contributed by atoms with van der Waals surface area (Å²) in [5.41, 5.74) is 0.785. The second kappa shape index (κ2) is 5.19. The Labute approximate surface area is 104 Å². The normalized spacial score (nSPS) is 10.5. The molecule has 0 saturated heterocycles. The van der Waals surface area contributed by atoms with E-state index in [4.69, 9.17) is 11.6 Å². The Balaban J connectivity index is 2.32. The largest absolute Gasteiger partial charge is 0.355 e. The van der Waals surface area contributed by atoms with Gasteiger partial charge in [-0.15, -0.1) is 0 Å². The predicted octanol–water partition coefficient (Wildman–Crippen LogP) is 3.49. The summed E-state index contributed by atoms with van der Waals surface area (Å²) in [6.07, 6.45) is 4.51. The van der Waals surface area contributed by atoms with Crippen LogP contribution >= 0.6 is 11.6 Å². The lowest BCUT2D eigenvalue weighted by atomic mass is 10.3. The Morgan fingerprint density at radius 2 is 2.29 bits per heavy atom. The summed E-state index contributed by atoms with van der Waals surface area (Å²) >= 11 is 5.76. The van der Waals surface area contributed by atoms with Crippen molar-refractivity contribution >= 4 is 17.5 Å². The van der Waals surface area contributed by atoms with Gasteiger partial charge in [-0.2, -0.15) is 0 Å². The van der Waals surface area contributed by atoms with Crippen LogP contribution in [0.2, 0.25) is 5.02 Å². The highest BCUT2D eigenvalue weighted by Crippen LogP contribution is 2.21. The van der Waals surface area contributed by atoms with Crippen molar-refractivity contribution in [3.63, 3.8) is 0 Å². The zero-order valence-electron chi connectivity index (χ0n) is 9.45. The Hall–Kier alpha value is -1.55. The van der Waals surface area contributed by atoms with Crippen LogP contribution in [0.3, 0.4) is 0 Å². The Kier molecular flexibility index (Phi) is 3.64. The fourth-order valence-electron chi connectivity index (χ4n) is 1.51. The lowest BCUT2D eigenvalue weighted by Gasteiger charge is -2.09. The molecule has 17 heavy (non-hydrogen) atoms. The molecule has 0 atom stereocenters. The molecular formula is C12H13ClFN3. The fraction of sp³-hybridized carbons (Fsp3) is 0.250. The van der Waals surface area contributed by atoms with E-state index in [9.17, 15) is 4.39 Å². The maximum absolute atomic E-state index is 13.1. The molecule has 3 nitrogen and oxygen atoms in total. The van der Waals surface area contributed by atoms with E-state index in [2.05, 4.69) is 17.2 Å². The van der Waals surface area contributed by atoms with Gasteiger partial charge in [0.05, 0.1) is 10.7 Å². The molecule has 1 N–H and O–H groups in total. The van der Waals surface area contributed by atoms with Crippen molar-refractivity contribution in [3.8, 4) is 5.69 Å². The molecule has 0 spiro atoms. The van der Waals surface area contributed by atoms with E-state index in [1.165, 1.54) is 6.07 Å². The number of imidazole rings is 1. The predicted molar refractivity (Wildman–Crippen MR) is 67.3 cm³/mol. The van der Waals surface area contributed by atoms with Crippen molar-refractivity contribution in [3.05, 3.63) is 41.4 Å². The van der Waals surface area contributed by atoms with Gasteiger partial charge in [0.2, 0.25) is 5.95 Å². The number of benzene rings is 1. The monoisotopic (exact) mass is 253 g/mol. The summed E-state index contributed by atoms with van der Waals surface area (Å²) in [5, 5.41) is 3.30. The third-order valence-corrected chi connectivity index (χ3v) is 2.64. The van der Waals surface area contributed by atoms with Gasteiger partial charge >= 0.3 is 0 Å². The van der Waals surface area contributed by atoms with Crippen LogP contribution in [0.15, 0.2) is 30.6 Å². The summed E-state index contributed by atoms with van der Waals surface area (Å²) in [5.74, 6) is 0.313. The van der Waals surface area contributed by atoms with Crippen LogP contribution in [0, 0.1) is 5.82 Å². The molecule has 0 aliphatic rings. The molecule has 5 heteroatoms. The standard InChI is InChI=1S/C12H13ClFN3/c1-2-5-15-12-16-6-7-17(12)9-3-4-11(14)10(13)8-9/h3-4,6-8H,2,5H2,1H3,(H,15,16). The fourth-order valence-corrected chi connectivity index (χ4v) is 1.69. The van der Waals surface area contributed by atoms with E-state index in [0.717, 1.165) is 24.6 Å². The van der Waals surface area contributed by atoms with Gasteiger partial charge in [-0.3, -0.25) is 4.57 Å². The van der Waals surface area contributed by atoms with Crippen molar-refractivity contribution in [2.45, 2.75) is 13.3 Å². The molecule has 1 aromatic carbocycles. The number of nitrogens with zero attached hydrogens (tertiary/aromatic N) is 2. The molecule has 0 amide bonds. The highest BCUT2D eigenvalue weighted by Gasteiger charge is 2.06. The minimum absolute atomic E-state index is 0.109. The Morgan fingerprint density at radius 3 is 3.00 bits per heavy atom. The number of anilines is 1. The summed E-state index contributed by atoms with van der Waals surface area (Å²) in [6, 6.07) is 4.59. The number of aromatic nitrogens is 2. The third kappa shape index (κ3) is 2.58. The quantitative estimate of drug-likeness (QED) is 0.904. The molecule has 0 bridgehead atoms. The molecule has 0 unspecified atom stereocenters. The first-order chi connectivity index (χ1) is 8.22. The van der Waals surface area contributed by atoms with E-state index >= 15 is 0 Å². The molecule has 0 aliphatic carbocycles. The summed E-state index contributed by atoms with van der Waals surface area (Å²) < 4.78 is 14.9. The van der Waals surface area contributed by atoms with Crippen LogP contribution in [-0.2, 0) is 0 Å². The molecular weight excluding hydrogens is 241 g/mol. The highest BCUT2D eigenvalue weighted by atomic mass is 35.5. The molecule has 0 aliphatic heterocycles. The maximum Gasteiger partial charge on any atom is 0.207 e. The third-order valence-electron chi connectivity index (χ3n) is 2.36. The Morgan fingerprint density at radius 1 is 1.47 bits per heavy atom. The molecule has 0 radical (unpaired) electrons. The summed E-state index contributed by atoms with van der Waals surface area (Å²) in [4.78, 5) is 4.20. The van der Waals surface area contributed by atoms with Crippen LogP contribution in [0.25, 0.3) is 5.69 Å². The van der Waals surface area contributed by atoms with Gasteiger partial charge in [0.1, 0.15) is 5.82 Å². The van der Waals surface area contributed by atoms with E-state index in [1.807, 2.05) is 10.8 Å². The average molecular weight is 254 g/mol. The molecule has 90 valence electrons. The first kappa shape index (κ1) is 11.9. The molecule has 0 fully saturated rings. The van der Waals surface area contributed by atoms with Crippen LogP contribution in [0.5, 0.6) is 0 Å². The zero-order chi connectivity index (χ0) is 12.3. The number of hydrogen-bond acceptors (Lipinski definition) is 2. The second-order valence-electron chi connectivity index (χ2n) is 3.65. The van der Waals surface area contributed by atoms with E-state index in [1.54, 1.807) is 18.3 Å². The topological polar surface area (TPSA) is 29.9 Å². The highest BCUT2D eigenvalue weighted by molar-refractivity contribution is 6.30. The lowest BCUT2D eigenvalue weighted by Crippen LogP contribution is -2.06. The summed E-state index contributed by atoms with van der Waals surface area (Å²) in [7, 11) is 0. The summed E-state index contributed by atoms with van der Waals surface area (Å²) in [6.45, 7) is 2.92. The molecule has 2 aromatic rings. The molecule has 0 saturated carbocycles. The SMILES string of the molecule is CCCNc1nccn1-c1ccc(F)c(Cl)c1. The average Bonchev–Trinajstić information content (AvgIpc) is 2.78. The van der Waals surface area contributed by atoms with Gasteiger partial charge in [-0.25, -0.2) is 9.37 Å². The number of rotatable bonds is 4. The van der Waals surface area contributed by atoms with Gasteiger partial charge in [-0.1, -0.05) is 18.5 Å². The van der Waals surface area contributed by atoms with Crippen LogP contribution in [0.1, 0.15) is 13.3 Å². The molecule has 2 rings (SSSR count). The van der Waals surface area contributed by atoms with Gasteiger partial charge < -0.3 is 5.32 Å². The molecule has 1 heterocycles. The minimum Gasteiger partial charge on any atom is -0.355 e. The van der Waals surface area contributed by atoms with Crippen molar-refractivity contribution in [1.29, 1.82) is 0 Å². The van der Waals surface area contributed by atoms with Crippen LogP contribution in [0.4, 0.5) is 10.3 Å². The van der Waals surface area contributed by atoms with Crippen LogP contribution < -0.4 is 5.32 Å². The first-order valence-corrected chi connectivity index (χ1v) is 5.83. The van der Waals surface area contributed by atoms with Crippen LogP contribution in [-0.4, -0.2) is 16.1 Å². The van der Waals surface area contributed by atoms with Gasteiger partial charge in [0, 0.05) is 18.9 Å². The number of nitrogens with one attached hydrogen (secondary N) is 1. The number of halogens is 2. The van der Waals surface area contributed by atoms with Gasteiger partial charge in [-0.05, 0) is 24.6 Å². The maximum atomic E-state index is 13.1. The number of hydrogen-bond donors (Lipinski definition) is 1. The van der Waals surface area contributed by atoms with Gasteiger partial charge in [0.25, 0.3) is 0 Å². The smallest absolute Gasteiger partial charge is 0.207 e. The first-order valence-electron chi connectivity index (χ1n) is 5.45. The minimum atomic E-state index is -0.418. The van der Waals surface area contributed by atoms with E-state index < -0.39 is 5.82 Å². The Bertz CT molecular complexity index is 510. The van der Waals surface area contributed by atoms with E-state index in [0.29, 0.717) is 0 Å². The van der Waals surface area contributed by atoms with Crippen molar-refractivity contribution in [1.82, 2.24) is 9.55 Å². The van der Waals surface area contributed by atoms with Crippen molar-refractivity contribution in [2.24, 2.45) is 0 Å². The van der Waals surface area contributed by atoms with Crippen molar-refractivity contribution < 1.29 is 4.39 Å².